The first-order valence-electron chi connectivity index (χ1n) is 23.9. The summed E-state index contributed by atoms with van der Waals surface area (Å²) in [6.45, 7) is 0. The summed E-state index contributed by atoms with van der Waals surface area (Å²) in [6, 6.07) is 78.2. The summed E-state index contributed by atoms with van der Waals surface area (Å²) in [6.07, 6.45) is 1.91. The zero-order valence-corrected chi connectivity index (χ0v) is 40.2. The number of fused-ring (bicyclic) bond motifs is 15. The first kappa shape index (κ1) is 39.4. The molecule has 16 aromatic rings. The average Bonchev–Trinajstić information content (AvgIpc) is 4.24. The minimum atomic E-state index is 0.699. The van der Waals surface area contributed by atoms with Crippen molar-refractivity contribution in [2.45, 2.75) is 0 Å². The van der Waals surface area contributed by atoms with Gasteiger partial charge in [0.05, 0.1) is 22.1 Å². The zero-order chi connectivity index (χ0) is 46.3. The molecule has 0 aliphatic heterocycles. The Morgan fingerprint density at radius 2 is 0.718 bits per heavy atom. The van der Waals surface area contributed by atoms with Crippen molar-refractivity contribution in [1.82, 2.24) is 19.1 Å². The van der Waals surface area contributed by atoms with Gasteiger partial charge >= 0.3 is 0 Å². The third-order valence-corrected chi connectivity index (χ3v) is 18.0. The molecular weight excluding hydrogens is 921 g/mol. The van der Waals surface area contributed by atoms with E-state index < -0.39 is 0 Å². The molecule has 10 aromatic carbocycles. The minimum Gasteiger partial charge on any atom is -0.309 e. The van der Waals surface area contributed by atoms with E-state index in [1.807, 2.05) is 46.3 Å². The fourth-order valence-electron chi connectivity index (χ4n) is 11.3. The molecule has 6 heterocycles. The quantitative estimate of drug-likeness (QED) is 0.172. The molecule has 0 N–H and O–H groups in total. The molecule has 4 nitrogen and oxygen atoms in total. The van der Waals surface area contributed by atoms with Gasteiger partial charge in [0.2, 0.25) is 0 Å². The Labute approximate surface area is 418 Å². The summed E-state index contributed by atoms with van der Waals surface area (Å²) in [4.78, 5) is 10.3. The standard InChI is InChI=1S/C64H36N4S3/c1-5-16-53-43(12-1)47-36-56-48(35-55(47)67(53)42-11-9-10-37(30-42)38-20-24-59-49(31-38)45-14-3-7-18-57(45)69-59)44-13-2-6-17-54(44)68(56)63-28-29-65-64(66-63)41-23-27-62-52(34-41)51-33-40(22-26-61(51)71-62)39-21-25-60-50(32-39)46-15-4-8-19-58(46)70-60/h1-36H. The van der Waals surface area contributed by atoms with Crippen molar-refractivity contribution >= 4 is 138 Å². The lowest BCUT2D eigenvalue weighted by molar-refractivity contribution is 1.05. The summed E-state index contributed by atoms with van der Waals surface area (Å²) in [5.74, 6) is 1.53. The molecule has 0 aliphatic rings. The van der Waals surface area contributed by atoms with Crippen LogP contribution in [0.5, 0.6) is 0 Å². The molecule has 0 fully saturated rings. The Hall–Kier alpha value is -8.46. The lowest BCUT2D eigenvalue weighted by Gasteiger charge is -2.11. The zero-order valence-electron chi connectivity index (χ0n) is 37.8. The number of nitrogens with zero attached hydrogens (tertiary/aromatic N) is 4. The second kappa shape index (κ2) is 15.0. The molecule has 7 heteroatoms. The third-order valence-electron chi connectivity index (χ3n) is 14.6. The number of hydrogen-bond acceptors (Lipinski definition) is 5. The maximum atomic E-state index is 5.39. The molecule has 6 aromatic heterocycles. The maximum Gasteiger partial charge on any atom is 0.161 e. The van der Waals surface area contributed by atoms with Gasteiger partial charge in [0.25, 0.3) is 0 Å². The number of rotatable bonds is 5. The van der Waals surface area contributed by atoms with E-state index in [-0.39, 0.29) is 0 Å². The van der Waals surface area contributed by atoms with Gasteiger partial charge in [0.15, 0.2) is 5.82 Å². The van der Waals surface area contributed by atoms with Gasteiger partial charge in [-0.05, 0) is 131 Å². The molecule has 0 bridgehead atoms. The van der Waals surface area contributed by atoms with Gasteiger partial charge in [0, 0.05) is 99.5 Å². The third kappa shape index (κ3) is 5.95. The summed E-state index contributed by atoms with van der Waals surface area (Å²) in [7, 11) is 0. The molecule has 0 aliphatic carbocycles. The Morgan fingerprint density at radius 1 is 0.282 bits per heavy atom. The van der Waals surface area contributed by atoms with Crippen LogP contribution in [-0.2, 0) is 0 Å². The molecule has 0 unspecified atom stereocenters. The van der Waals surface area contributed by atoms with Crippen molar-refractivity contribution in [3.63, 3.8) is 0 Å². The van der Waals surface area contributed by atoms with Crippen LogP contribution in [0.25, 0.3) is 149 Å². The van der Waals surface area contributed by atoms with Crippen molar-refractivity contribution in [1.29, 1.82) is 0 Å². The van der Waals surface area contributed by atoms with Crippen LogP contribution in [0.15, 0.2) is 219 Å². The Morgan fingerprint density at radius 3 is 1.30 bits per heavy atom. The number of para-hydroxylation sites is 2. The summed E-state index contributed by atoms with van der Waals surface area (Å²) in [5, 5.41) is 12.5. The average molecular weight is 957 g/mol. The lowest BCUT2D eigenvalue weighted by Crippen LogP contribution is -2.00. The van der Waals surface area contributed by atoms with Gasteiger partial charge in [-0.3, -0.25) is 4.57 Å². The van der Waals surface area contributed by atoms with Crippen LogP contribution in [0.4, 0.5) is 0 Å². The van der Waals surface area contributed by atoms with Crippen LogP contribution in [0, 0.1) is 0 Å². The smallest absolute Gasteiger partial charge is 0.161 e. The maximum absolute atomic E-state index is 5.39. The SMILES string of the molecule is c1cc(-c2ccc3sc4ccccc4c3c2)cc(-n2c3ccccc3c3cc4c(cc32)c2ccccc2n4-c2ccnc(-c3ccc4sc5ccc(-c6ccc7sc8ccccc8c7c6)cc5c4c3)n2)c1. The van der Waals surface area contributed by atoms with E-state index in [2.05, 4.69) is 215 Å². The molecule has 16 rings (SSSR count). The van der Waals surface area contributed by atoms with Gasteiger partial charge in [-0.15, -0.1) is 34.0 Å². The highest BCUT2D eigenvalue weighted by Gasteiger charge is 2.20. The number of benzene rings is 10. The molecule has 0 spiro atoms. The van der Waals surface area contributed by atoms with Crippen molar-refractivity contribution in [2.75, 3.05) is 0 Å². The normalized spacial score (nSPS) is 12.2. The fourth-order valence-corrected chi connectivity index (χ4v) is 14.5. The molecule has 330 valence electrons. The van der Waals surface area contributed by atoms with Crippen molar-refractivity contribution in [3.8, 4) is 45.1 Å². The second-order valence-electron chi connectivity index (χ2n) is 18.5. The van der Waals surface area contributed by atoms with E-state index >= 15 is 0 Å². The summed E-state index contributed by atoms with van der Waals surface area (Å²) in [5.41, 5.74) is 11.5. The minimum absolute atomic E-state index is 0.699. The largest absolute Gasteiger partial charge is 0.309 e. The monoisotopic (exact) mass is 956 g/mol. The van der Waals surface area contributed by atoms with Gasteiger partial charge in [-0.25, -0.2) is 9.97 Å². The Balaban J connectivity index is 0.821. The highest BCUT2D eigenvalue weighted by Crippen LogP contribution is 2.43. The van der Waals surface area contributed by atoms with E-state index in [9.17, 15) is 0 Å². The molecule has 0 atom stereocenters. The van der Waals surface area contributed by atoms with Crippen LogP contribution in [0.3, 0.4) is 0 Å². The Kier molecular flexibility index (Phi) is 8.33. The molecular formula is C64H36N4S3. The molecule has 0 saturated heterocycles. The molecule has 0 saturated carbocycles. The fraction of sp³-hybridized carbons (Fsp3) is 0. The highest BCUT2D eigenvalue weighted by atomic mass is 32.1. The first-order chi connectivity index (χ1) is 35.1. The second-order valence-corrected chi connectivity index (χ2v) is 21.8. The van der Waals surface area contributed by atoms with E-state index in [0.29, 0.717) is 5.82 Å². The predicted molar refractivity (Wildman–Crippen MR) is 306 cm³/mol. The molecule has 71 heavy (non-hydrogen) atoms. The Bertz CT molecular complexity index is 4910. The topological polar surface area (TPSA) is 35.6 Å². The molecule has 0 amide bonds. The van der Waals surface area contributed by atoms with Crippen LogP contribution >= 0.6 is 34.0 Å². The summed E-state index contributed by atoms with van der Waals surface area (Å²) >= 11 is 5.56. The first-order valence-corrected chi connectivity index (χ1v) is 26.3. The number of thiophene rings is 3. The van der Waals surface area contributed by atoms with Gasteiger partial charge in [-0.1, -0.05) is 103 Å². The van der Waals surface area contributed by atoms with Crippen molar-refractivity contribution < 1.29 is 0 Å². The van der Waals surface area contributed by atoms with Crippen molar-refractivity contribution in [2.24, 2.45) is 0 Å². The van der Waals surface area contributed by atoms with Crippen LogP contribution < -0.4 is 0 Å². The van der Waals surface area contributed by atoms with Gasteiger partial charge in [0.1, 0.15) is 5.82 Å². The predicted octanol–water partition coefficient (Wildman–Crippen LogP) is 18.8. The number of hydrogen-bond donors (Lipinski definition) is 0. The highest BCUT2D eigenvalue weighted by molar-refractivity contribution is 7.26. The number of aromatic nitrogens is 4. The lowest BCUT2D eigenvalue weighted by atomic mass is 10.0. The van der Waals surface area contributed by atoms with E-state index in [1.54, 1.807) is 0 Å². The molecule has 0 radical (unpaired) electrons. The van der Waals surface area contributed by atoms with Gasteiger partial charge < -0.3 is 4.57 Å². The van der Waals surface area contributed by atoms with Crippen molar-refractivity contribution in [3.05, 3.63) is 219 Å². The van der Waals surface area contributed by atoms with E-state index in [0.717, 1.165) is 28.1 Å². The van der Waals surface area contributed by atoms with Gasteiger partial charge in [-0.2, -0.15) is 0 Å². The van der Waals surface area contributed by atoms with E-state index in [4.69, 9.17) is 9.97 Å². The van der Waals surface area contributed by atoms with E-state index in [1.165, 1.54) is 115 Å². The summed E-state index contributed by atoms with van der Waals surface area (Å²) < 4.78 is 12.6. The van der Waals surface area contributed by atoms with Crippen LogP contribution in [0.2, 0.25) is 0 Å². The van der Waals surface area contributed by atoms with Crippen LogP contribution in [0.1, 0.15) is 0 Å². The van der Waals surface area contributed by atoms with Crippen LogP contribution in [-0.4, -0.2) is 19.1 Å².